The first-order valence-electron chi connectivity index (χ1n) is 13.2. The van der Waals surface area contributed by atoms with Crippen LogP contribution in [0, 0.1) is 35.4 Å². The van der Waals surface area contributed by atoms with E-state index >= 15 is 0 Å². The second-order valence-electron chi connectivity index (χ2n) is 10.7. The van der Waals surface area contributed by atoms with Crippen LogP contribution in [-0.4, -0.2) is 6.61 Å². The van der Waals surface area contributed by atoms with E-state index < -0.39 is 0 Å². The van der Waals surface area contributed by atoms with Gasteiger partial charge in [0.15, 0.2) is 11.6 Å². The van der Waals surface area contributed by atoms with Crippen molar-refractivity contribution in [2.45, 2.75) is 96.8 Å². The van der Waals surface area contributed by atoms with Crippen molar-refractivity contribution in [2.24, 2.45) is 29.6 Å². The van der Waals surface area contributed by atoms with Gasteiger partial charge in [-0.3, -0.25) is 0 Å². The van der Waals surface area contributed by atoms with Gasteiger partial charge in [0.1, 0.15) is 6.61 Å². The third kappa shape index (κ3) is 5.74. The lowest BCUT2D eigenvalue weighted by atomic mass is 9.60. The van der Waals surface area contributed by atoms with E-state index in [1.807, 2.05) is 25.1 Å². The summed E-state index contributed by atoms with van der Waals surface area (Å²) in [6.45, 7) is 4.73. The van der Waals surface area contributed by atoms with Crippen LogP contribution in [0.1, 0.15) is 102 Å². The lowest BCUT2D eigenvalue weighted by Crippen LogP contribution is -2.34. The summed E-state index contributed by atoms with van der Waals surface area (Å²) in [5.41, 5.74) is 1.17. The van der Waals surface area contributed by atoms with Crippen molar-refractivity contribution in [1.29, 1.82) is 0 Å². The maximum atomic E-state index is 14.5. The van der Waals surface area contributed by atoms with Crippen molar-refractivity contribution in [1.82, 2.24) is 0 Å². The Kier molecular flexibility index (Phi) is 8.13. The first kappa shape index (κ1) is 22.9. The molecule has 3 fully saturated rings. The number of hydrogen-bond donors (Lipinski definition) is 0. The van der Waals surface area contributed by atoms with Crippen molar-refractivity contribution in [3.8, 4) is 5.75 Å². The molecule has 2 heteroatoms. The van der Waals surface area contributed by atoms with Gasteiger partial charge in [-0.15, -0.1) is 0 Å². The highest BCUT2D eigenvalue weighted by Gasteiger charge is 2.38. The van der Waals surface area contributed by atoms with Crippen LogP contribution in [0.25, 0.3) is 0 Å². The van der Waals surface area contributed by atoms with Crippen molar-refractivity contribution < 1.29 is 9.13 Å². The van der Waals surface area contributed by atoms with Gasteiger partial charge in [-0.05, 0) is 118 Å². The summed E-state index contributed by atoms with van der Waals surface area (Å²) < 4.78 is 20.0. The second kappa shape index (κ2) is 11.0. The molecule has 3 aliphatic rings. The van der Waals surface area contributed by atoms with E-state index in [4.69, 9.17) is 4.74 Å². The molecule has 0 bridgehead atoms. The number of hydrogen-bond acceptors (Lipinski definition) is 1. The largest absolute Gasteiger partial charge is 0.486 e. The molecule has 3 saturated carbocycles. The average Bonchev–Trinajstić information content (AvgIpc) is 2.80. The van der Waals surface area contributed by atoms with E-state index in [0.717, 1.165) is 29.6 Å². The zero-order chi connectivity index (χ0) is 21.6. The quantitative estimate of drug-likeness (QED) is 0.396. The monoisotopic (exact) mass is 426 g/mol. The van der Waals surface area contributed by atoms with Crippen LogP contribution in [0.15, 0.2) is 30.4 Å². The van der Waals surface area contributed by atoms with Gasteiger partial charge in [0, 0.05) is 0 Å². The summed E-state index contributed by atoms with van der Waals surface area (Å²) in [7, 11) is 0. The fourth-order valence-corrected chi connectivity index (χ4v) is 7.17. The molecule has 0 aromatic heterocycles. The molecule has 0 spiro atoms. The zero-order valence-corrected chi connectivity index (χ0v) is 19.8. The SMILES string of the molecule is C/C=C/COc1ccc(C2CCC(C3CCC4CC(CCC)CCC4C3)CC2)cc1F. The molecule has 3 aliphatic carbocycles. The number of allylic oxidation sites excluding steroid dienone is 1. The van der Waals surface area contributed by atoms with Crippen LogP contribution >= 0.6 is 0 Å². The highest BCUT2D eigenvalue weighted by atomic mass is 19.1. The fraction of sp³-hybridized carbons (Fsp3) is 0.724. The van der Waals surface area contributed by atoms with E-state index in [0.29, 0.717) is 18.3 Å². The predicted octanol–water partition coefficient (Wildman–Crippen LogP) is 8.69. The Bertz CT molecular complexity index is 717. The standard InChI is InChI=1S/C29H43FO/c1-3-5-17-31-29-16-15-27(20-28(29)30)23-11-9-22(10-12-23)25-14-13-24-18-21(6-4-2)7-8-26(24)19-25/h3,5,15-16,20-26H,4,6-14,17-19H2,1-2H3/b5-3+. The Labute approximate surface area is 189 Å². The predicted molar refractivity (Wildman–Crippen MR) is 128 cm³/mol. The molecule has 31 heavy (non-hydrogen) atoms. The third-order valence-corrected chi connectivity index (χ3v) is 8.90. The van der Waals surface area contributed by atoms with Crippen LogP contribution in [-0.2, 0) is 0 Å². The van der Waals surface area contributed by atoms with Crippen molar-refractivity contribution in [3.63, 3.8) is 0 Å². The molecule has 4 atom stereocenters. The molecule has 0 saturated heterocycles. The van der Waals surface area contributed by atoms with Crippen LogP contribution in [0.4, 0.5) is 4.39 Å². The van der Waals surface area contributed by atoms with Crippen molar-refractivity contribution >= 4 is 0 Å². The summed E-state index contributed by atoms with van der Waals surface area (Å²) in [6, 6.07) is 5.66. The summed E-state index contributed by atoms with van der Waals surface area (Å²) >= 11 is 0. The van der Waals surface area contributed by atoms with E-state index in [-0.39, 0.29) is 5.82 Å². The summed E-state index contributed by atoms with van der Waals surface area (Å²) in [5.74, 6) is 5.66. The Morgan fingerprint density at radius 2 is 1.58 bits per heavy atom. The lowest BCUT2D eigenvalue weighted by molar-refractivity contribution is 0.0618. The topological polar surface area (TPSA) is 9.23 Å². The normalized spacial score (nSPS) is 33.9. The summed E-state index contributed by atoms with van der Waals surface area (Å²) in [6.07, 6.45) is 20.8. The molecule has 4 unspecified atom stereocenters. The maximum absolute atomic E-state index is 14.5. The number of rotatable bonds is 7. The molecule has 0 N–H and O–H groups in total. The molecule has 0 aliphatic heterocycles. The van der Waals surface area contributed by atoms with Gasteiger partial charge in [-0.2, -0.15) is 0 Å². The minimum absolute atomic E-state index is 0.207. The molecular formula is C29H43FO. The summed E-state index contributed by atoms with van der Waals surface area (Å²) in [4.78, 5) is 0. The van der Waals surface area contributed by atoms with E-state index in [1.54, 1.807) is 6.07 Å². The Morgan fingerprint density at radius 1 is 0.903 bits per heavy atom. The van der Waals surface area contributed by atoms with Gasteiger partial charge in [0.2, 0.25) is 0 Å². The average molecular weight is 427 g/mol. The number of benzene rings is 1. The van der Waals surface area contributed by atoms with Gasteiger partial charge >= 0.3 is 0 Å². The molecular weight excluding hydrogens is 383 g/mol. The lowest BCUT2D eigenvalue weighted by Gasteiger charge is -2.45. The van der Waals surface area contributed by atoms with Gasteiger partial charge in [-0.25, -0.2) is 4.39 Å². The third-order valence-electron chi connectivity index (χ3n) is 8.90. The Balaban J connectivity index is 1.26. The zero-order valence-electron chi connectivity index (χ0n) is 19.8. The molecule has 0 amide bonds. The first-order chi connectivity index (χ1) is 15.2. The van der Waals surface area contributed by atoms with Crippen molar-refractivity contribution in [3.05, 3.63) is 41.7 Å². The van der Waals surface area contributed by atoms with Gasteiger partial charge in [0.25, 0.3) is 0 Å². The van der Waals surface area contributed by atoms with Crippen LogP contribution in [0.3, 0.4) is 0 Å². The Morgan fingerprint density at radius 3 is 2.29 bits per heavy atom. The molecule has 4 rings (SSSR count). The van der Waals surface area contributed by atoms with Crippen LogP contribution in [0.2, 0.25) is 0 Å². The van der Waals surface area contributed by atoms with E-state index in [2.05, 4.69) is 13.0 Å². The van der Waals surface area contributed by atoms with Gasteiger partial charge in [0.05, 0.1) is 0 Å². The molecule has 172 valence electrons. The smallest absolute Gasteiger partial charge is 0.165 e. The number of halogens is 1. The van der Waals surface area contributed by atoms with Gasteiger partial charge in [-0.1, -0.05) is 44.4 Å². The van der Waals surface area contributed by atoms with E-state index in [9.17, 15) is 4.39 Å². The molecule has 0 radical (unpaired) electrons. The second-order valence-corrected chi connectivity index (χ2v) is 10.7. The highest BCUT2D eigenvalue weighted by molar-refractivity contribution is 5.31. The van der Waals surface area contributed by atoms with Crippen LogP contribution < -0.4 is 4.74 Å². The number of fused-ring (bicyclic) bond motifs is 1. The summed E-state index contributed by atoms with van der Waals surface area (Å²) in [5, 5.41) is 0. The van der Waals surface area contributed by atoms with Crippen LogP contribution in [0.5, 0.6) is 5.75 Å². The first-order valence-corrected chi connectivity index (χ1v) is 13.2. The van der Waals surface area contributed by atoms with Gasteiger partial charge < -0.3 is 4.74 Å². The minimum atomic E-state index is -0.207. The molecule has 1 aromatic carbocycles. The van der Waals surface area contributed by atoms with Crippen molar-refractivity contribution in [2.75, 3.05) is 6.61 Å². The molecule has 1 aromatic rings. The maximum Gasteiger partial charge on any atom is 0.165 e. The Hall–Kier alpha value is -1.31. The highest BCUT2D eigenvalue weighted by Crippen LogP contribution is 2.50. The number of ether oxygens (including phenoxy) is 1. The van der Waals surface area contributed by atoms with E-state index in [1.165, 1.54) is 82.6 Å². The minimum Gasteiger partial charge on any atom is -0.486 e. The molecule has 0 heterocycles. The fourth-order valence-electron chi connectivity index (χ4n) is 7.17. The molecule has 1 nitrogen and oxygen atoms in total.